The number of aliphatic hydroxyl groups is 1. The molecular formula is C43H54N8O3. The lowest BCUT2D eigenvalue weighted by Gasteiger charge is -2.32. The monoisotopic (exact) mass is 730 g/mol. The number of rotatable bonds is 9. The first kappa shape index (κ1) is 35.4. The van der Waals surface area contributed by atoms with Gasteiger partial charge in [-0.1, -0.05) is 24.3 Å². The minimum atomic E-state index is -0.287. The molecule has 5 aliphatic rings. The van der Waals surface area contributed by atoms with Gasteiger partial charge in [0.05, 0.1) is 23.5 Å². The van der Waals surface area contributed by atoms with E-state index in [1.165, 1.54) is 44.2 Å². The normalized spacial score (nSPS) is 25.1. The van der Waals surface area contributed by atoms with E-state index in [1.807, 2.05) is 60.5 Å². The van der Waals surface area contributed by atoms with Gasteiger partial charge in [-0.05, 0) is 130 Å². The molecule has 0 radical (unpaired) electrons. The van der Waals surface area contributed by atoms with Crippen molar-refractivity contribution in [1.29, 1.82) is 0 Å². The van der Waals surface area contributed by atoms with Crippen LogP contribution in [0.15, 0.2) is 42.5 Å². The van der Waals surface area contributed by atoms with Gasteiger partial charge < -0.3 is 20.3 Å². The van der Waals surface area contributed by atoms with E-state index in [-0.39, 0.29) is 24.0 Å². The van der Waals surface area contributed by atoms with Crippen molar-refractivity contribution in [3.05, 3.63) is 82.2 Å². The summed E-state index contributed by atoms with van der Waals surface area (Å²) in [7, 11) is 1.97. The highest BCUT2D eigenvalue weighted by molar-refractivity contribution is 6.04. The van der Waals surface area contributed by atoms with E-state index in [9.17, 15) is 14.7 Å². The van der Waals surface area contributed by atoms with E-state index in [0.29, 0.717) is 23.5 Å². The van der Waals surface area contributed by atoms with Crippen molar-refractivity contribution in [2.45, 2.75) is 103 Å². The van der Waals surface area contributed by atoms with Gasteiger partial charge in [0, 0.05) is 63.3 Å². The largest absolute Gasteiger partial charge is 0.392 e. The zero-order valence-electron chi connectivity index (χ0n) is 32.0. The van der Waals surface area contributed by atoms with Gasteiger partial charge in [-0.2, -0.15) is 5.10 Å². The Bertz CT molecular complexity index is 2090. The van der Waals surface area contributed by atoms with Crippen molar-refractivity contribution in [2.24, 2.45) is 18.4 Å². The molecule has 9 rings (SSSR count). The fourth-order valence-corrected chi connectivity index (χ4v) is 10.5. The minimum absolute atomic E-state index is 0.171. The van der Waals surface area contributed by atoms with Gasteiger partial charge in [-0.15, -0.1) is 0 Å². The number of nitrogens with zero attached hydrogens (tertiary/aromatic N) is 6. The van der Waals surface area contributed by atoms with Crippen molar-refractivity contribution in [1.82, 2.24) is 29.1 Å². The third-order valence-electron chi connectivity index (χ3n) is 13.7. The molecule has 1 unspecified atom stereocenters. The van der Waals surface area contributed by atoms with Gasteiger partial charge in [0.25, 0.3) is 11.8 Å². The maximum atomic E-state index is 13.8. The molecule has 4 aromatic rings. The molecule has 3 aliphatic heterocycles. The number of anilines is 2. The molecule has 2 saturated carbocycles. The number of carbonyl (C=O) groups is 2. The Labute approximate surface area is 318 Å². The van der Waals surface area contributed by atoms with Gasteiger partial charge in [0.1, 0.15) is 0 Å². The van der Waals surface area contributed by atoms with Crippen LogP contribution >= 0.6 is 0 Å². The predicted molar refractivity (Wildman–Crippen MR) is 209 cm³/mol. The van der Waals surface area contributed by atoms with Crippen molar-refractivity contribution in [3.8, 4) is 11.1 Å². The molecule has 5 heterocycles. The summed E-state index contributed by atoms with van der Waals surface area (Å²) in [4.78, 5) is 37.2. The van der Waals surface area contributed by atoms with Crippen LogP contribution in [0.4, 0.5) is 11.4 Å². The van der Waals surface area contributed by atoms with Gasteiger partial charge in [0.2, 0.25) is 0 Å². The number of nitrogens with one attached hydrogen (secondary N) is 2. The van der Waals surface area contributed by atoms with Gasteiger partial charge in [0.15, 0.2) is 11.5 Å². The topological polar surface area (TPSA) is 121 Å². The van der Waals surface area contributed by atoms with Crippen LogP contribution in [0.5, 0.6) is 0 Å². The number of amides is 2. The van der Waals surface area contributed by atoms with Gasteiger partial charge >= 0.3 is 0 Å². The summed E-state index contributed by atoms with van der Waals surface area (Å²) in [6, 6.07) is 14.0. The number of aryl methyl sites for hydroxylation is 1. The minimum Gasteiger partial charge on any atom is -0.392 e. The maximum absolute atomic E-state index is 13.8. The van der Waals surface area contributed by atoms with Crippen LogP contribution < -0.4 is 10.6 Å². The molecule has 11 heteroatoms. The van der Waals surface area contributed by atoms with Crippen molar-refractivity contribution >= 4 is 23.2 Å². The molecule has 2 aliphatic carbocycles. The zero-order chi connectivity index (χ0) is 37.1. The first-order valence-corrected chi connectivity index (χ1v) is 20.2. The first-order valence-electron chi connectivity index (χ1n) is 20.2. The number of benzene rings is 2. The van der Waals surface area contributed by atoms with Crippen LogP contribution in [0.3, 0.4) is 0 Å². The van der Waals surface area contributed by atoms with E-state index in [1.54, 1.807) is 0 Å². The number of hydrogen-bond donors (Lipinski definition) is 3. The number of aromatic nitrogens is 4. The molecule has 2 aromatic heterocycles. The summed E-state index contributed by atoms with van der Waals surface area (Å²) < 4.78 is 3.96. The summed E-state index contributed by atoms with van der Waals surface area (Å²) in [5.41, 5.74) is 9.55. The average molecular weight is 731 g/mol. The Morgan fingerprint density at radius 1 is 0.926 bits per heavy atom. The molecule has 1 saturated heterocycles. The molecule has 2 aromatic carbocycles. The van der Waals surface area contributed by atoms with Crippen molar-refractivity contribution < 1.29 is 14.7 Å². The Balaban J connectivity index is 0.882. The number of imidazole rings is 1. The van der Waals surface area contributed by atoms with Crippen molar-refractivity contribution in [2.75, 3.05) is 36.8 Å². The molecule has 2 atom stereocenters. The van der Waals surface area contributed by atoms with E-state index in [4.69, 9.17) is 10.1 Å². The fourth-order valence-electron chi connectivity index (χ4n) is 10.5. The SMILES string of the molecule is Cc1c(NC(=O)c2cc3n(n2)CCCC3N2CC[C@@H](O)C2)cccc1-c1cccc(NC(=O)c2nc3c(n2C)CCN(CCC24CCC(CC2)C4)C3)c1C. The third kappa shape index (κ3) is 6.47. The lowest BCUT2D eigenvalue weighted by atomic mass is 9.81. The number of likely N-dealkylation sites (tertiary alicyclic amines) is 1. The molecule has 54 heavy (non-hydrogen) atoms. The smallest absolute Gasteiger partial charge is 0.291 e. The molecule has 2 bridgehead atoms. The number of β-amino-alcohol motifs (C(OH)–C–C–N with tert-alkyl or cyclic N) is 1. The van der Waals surface area contributed by atoms with Crippen LogP contribution in [0.1, 0.15) is 113 Å². The first-order chi connectivity index (χ1) is 26.1. The Morgan fingerprint density at radius 2 is 1.65 bits per heavy atom. The van der Waals surface area contributed by atoms with Crippen LogP contribution in [-0.4, -0.2) is 78.3 Å². The standard InChI is InChI=1S/C43H54N8O3/c1-27-31(7-4-9-33(27)45-41(53)35-23-39-38(11-6-19-51(39)47-35)50-21-14-30(52)25-50)32-8-5-10-34(28(32)2)46-42(54)40-44-36-26-49(20-15-37(36)48(40)3)22-18-43-16-12-29(24-43)13-17-43/h4-5,7-10,23,29-30,38,52H,6,11-22,24-26H2,1-3H3,(H,45,53)(H,46,54)/t29?,30-,38?,43?/m1/s1. The third-order valence-corrected chi connectivity index (χ3v) is 13.7. The lowest BCUT2D eigenvalue weighted by molar-refractivity contribution is 0.100. The zero-order valence-corrected chi connectivity index (χ0v) is 32.0. The van der Waals surface area contributed by atoms with E-state index < -0.39 is 0 Å². The molecule has 0 spiro atoms. The van der Waals surface area contributed by atoms with Crippen LogP contribution in [0, 0.1) is 25.2 Å². The predicted octanol–water partition coefficient (Wildman–Crippen LogP) is 6.64. The van der Waals surface area contributed by atoms with Gasteiger partial charge in [-0.3, -0.25) is 24.1 Å². The molecule has 11 nitrogen and oxygen atoms in total. The van der Waals surface area contributed by atoms with Crippen molar-refractivity contribution in [3.63, 3.8) is 0 Å². The highest BCUT2D eigenvalue weighted by atomic mass is 16.3. The Hall–Kier alpha value is -4.32. The summed E-state index contributed by atoms with van der Waals surface area (Å²) in [5.74, 6) is 0.984. The molecule has 2 amide bonds. The number of hydrogen-bond acceptors (Lipinski definition) is 7. The molecule has 3 N–H and O–H groups in total. The Morgan fingerprint density at radius 3 is 2.31 bits per heavy atom. The summed E-state index contributed by atoms with van der Waals surface area (Å²) >= 11 is 0. The second kappa shape index (κ2) is 14.1. The van der Waals surface area contributed by atoms with Crippen LogP contribution in [-0.2, 0) is 26.6 Å². The highest BCUT2D eigenvalue weighted by Gasteiger charge is 2.44. The summed E-state index contributed by atoms with van der Waals surface area (Å²) in [6.45, 7) is 9.31. The summed E-state index contributed by atoms with van der Waals surface area (Å²) in [6.07, 6.45) is 11.8. The van der Waals surface area contributed by atoms with E-state index in [2.05, 4.69) is 32.6 Å². The average Bonchev–Trinajstić information content (AvgIpc) is 4.02. The highest BCUT2D eigenvalue weighted by Crippen LogP contribution is 2.56. The summed E-state index contributed by atoms with van der Waals surface area (Å²) in [5, 5.41) is 21.1. The molecule has 3 fully saturated rings. The number of fused-ring (bicyclic) bond motifs is 4. The molecule has 284 valence electrons. The van der Waals surface area contributed by atoms with Crippen LogP contribution in [0.2, 0.25) is 0 Å². The lowest BCUT2D eigenvalue weighted by Crippen LogP contribution is -2.34. The van der Waals surface area contributed by atoms with Gasteiger partial charge in [-0.25, -0.2) is 4.98 Å². The van der Waals surface area contributed by atoms with Crippen LogP contribution in [0.25, 0.3) is 11.1 Å². The second-order valence-corrected chi connectivity index (χ2v) is 16.9. The fraction of sp³-hybridized carbons (Fsp3) is 0.535. The quantitative estimate of drug-likeness (QED) is 0.177. The van der Waals surface area contributed by atoms with E-state index in [0.717, 1.165) is 109 Å². The maximum Gasteiger partial charge on any atom is 0.291 e. The second-order valence-electron chi connectivity index (χ2n) is 16.9. The Kier molecular flexibility index (Phi) is 9.22. The molecular weight excluding hydrogens is 677 g/mol. The van der Waals surface area contributed by atoms with E-state index >= 15 is 0 Å². The number of carbonyl (C=O) groups excluding carboxylic acids is 2. The number of aliphatic hydroxyl groups excluding tert-OH is 1.